The summed E-state index contributed by atoms with van der Waals surface area (Å²) < 4.78 is 5.56. The Balaban J connectivity index is 1.27. The standard InChI is InChI=1S/C21H29N5O3/c22-19(23)15-5-7-17(8-6-15)26-14-18(29-21(26)28)13-24-9-11-25(12-10-24)20(27)16-3-1-2-4-16/h5-8,16,18H,1-4,9-14H2,(H3,22,23). The van der Waals surface area contributed by atoms with Gasteiger partial charge in [0.2, 0.25) is 5.91 Å². The summed E-state index contributed by atoms with van der Waals surface area (Å²) in [4.78, 5) is 30.8. The van der Waals surface area contributed by atoms with Crippen LogP contribution in [-0.4, -0.2) is 73.0 Å². The minimum Gasteiger partial charge on any atom is -0.443 e. The fraction of sp³-hybridized carbons (Fsp3) is 0.571. The number of nitrogen functional groups attached to an aromatic ring is 1. The van der Waals surface area contributed by atoms with Crippen LogP contribution in [0.25, 0.3) is 0 Å². The molecule has 0 aromatic heterocycles. The van der Waals surface area contributed by atoms with E-state index in [9.17, 15) is 9.59 Å². The molecule has 3 N–H and O–H groups in total. The maximum atomic E-state index is 12.6. The van der Waals surface area contributed by atoms with Gasteiger partial charge in [-0.05, 0) is 37.1 Å². The lowest BCUT2D eigenvalue weighted by Gasteiger charge is -2.36. The highest BCUT2D eigenvalue weighted by atomic mass is 16.6. The average molecular weight is 399 g/mol. The number of carbonyl (C=O) groups is 2. The van der Waals surface area contributed by atoms with Gasteiger partial charge in [0, 0.05) is 49.9 Å². The van der Waals surface area contributed by atoms with Crippen LogP contribution in [0.15, 0.2) is 24.3 Å². The summed E-state index contributed by atoms with van der Waals surface area (Å²) in [5.41, 5.74) is 6.86. The van der Waals surface area contributed by atoms with Gasteiger partial charge in [-0.1, -0.05) is 12.8 Å². The Kier molecular flexibility index (Phi) is 5.71. The Morgan fingerprint density at radius 3 is 2.38 bits per heavy atom. The third kappa shape index (κ3) is 4.37. The average Bonchev–Trinajstić information content (AvgIpc) is 3.38. The molecule has 4 rings (SSSR count). The highest BCUT2D eigenvalue weighted by Gasteiger charge is 2.35. The third-order valence-electron chi connectivity index (χ3n) is 6.21. The van der Waals surface area contributed by atoms with Crippen molar-refractivity contribution in [3.8, 4) is 0 Å². The number of nitrogens with zero attached hydrogens (tertiary/aromatic N) is 3. The van der Waals surface area contributed by atoms with Crippen molar-refractivity contribution in [1.82, 2.24) is 9.80 Å². The number of cyclic esters (lactones) is 1. The molecule has 1 aromatic rings. The number of nitrogens with two attached hydrogens (primary N) is 1. The quantitative estimate of drug-likeness (QED) is 0.579. The lowest BCUT2D eigenvalue weighted by molar-refractivity contribution is -0.137. The molecule has 3 aliphatic rings. The number of amidine groups is 1. The largest absolute Gasteiger partial charge is 0.443 e. The molecule has 156 valence electrons. The number of rotatable bonds is 5. The SMILES string of the molecule is N=C(N)c1ccc(N2CC(CN3CCN(C(=O)C4CCCC4)CC3)OC2=O)cc1. The number of ether oxygens (including phenoxy) is 1. The zero-order valence-electron chi connectivity index (χ0n) is 16.7. The van der Waals surface area contributed by atoms with E-state index >= 15 is 0 Å². The summed E-state index contributed by atoms with van der Waals surface area (Å²) in [5.74, 6) is 0.568. The predicted octanol–water partition coefficient (Wildman–Crippen LogP) is 1.63. The van der Waals surface area contributed by atoms with Crippen LogP contribution < -0.4 is 10.6 Å². The molecule has 1 saturated carbocycles. The van der Waals surface area contributed by atoms with Gasteiger partial charge in [-0.15, -0.1) is 0 Å². The third-order valence-corrected chi connectivity index (χ3v) is 6.21. The molecule has 2 heterocycles. The smallest absolute Gasteiger partial charge is 0.414 e. The molecule has 3 fully saturated rings. The molecule has 1 atom stereocenters. The summed E-state index contributed by atoms with van der Waals surface area (Å²) >= 11 is 0. The van der Waals surface area contributed by atoms with Crippen molar-refractivity contribution in [2.24, 2.45) is 11.7 Å². The van der Waals surface area contributed by atoms with Crippen LogP contribution >= 0.6 is 0 Å². The van der Waals surface area contributed by atoms with E-state index in [1.807, 2.05) is 4.90 Å². The lowest BCUT2D eigenvalue weighted by Crippen LogP contribution is -2.51. The summed E-state index contributed by atoms with van der Waals surface area (Å²) in [6, 6.07) is 7.04. The Labute approximate surface area is 171 Å². The normalized spacial score (nSPS) is 23.4. The monoisotopic (exact) mass is 399 g/mol. The minimum absolute atomic E-state index is 0.00369. The first-order valence-corrected chi connectivity index (χ1v) is 10.4. The molecule has 1 unspecified atom stereocenters. The predicted molar refractivity (Wildman–Crippen MR) is 110 cm³/mol. The van der Waals surface area contributed by atoms with Crippen LogP contribution in [-0.2, 0) is 9.53 Å². The topological polar surface area (TPSA) is 103 Å². The summed E-state index contributed by atoms with van der Waals surface area (Å²) in [5, 5.41) is 7.46. The van der Waals surface area contributed by atoms with Gasteiger partial charge in [0.15, 0.2) is 0 Å². The van der Waals surface area contributed by atoms with Crippen LogP contribution in [0.4, 0.5) is 10.5 Å². The van der Waals surface area contributed by atoms with E-state index in [4.69, 9.17) is 15.9 Å². The van der Waals surface area contributed by atoms with Crippen molar-refractivity contribution in [3.05, 3.63) is 29.8 Å². The second-order valence-corrected chi connectivity index (χ2v) is 8.18. The maximum Gasteiger partial charge on any atom is 0.414 e. The van der Waals surface area contributed by atoms with Crippen molar-refractivity contribution in [3.63, 3.8) is 0 Å². The molecule has 1 aromatic carbocycles. The number of anilines is 1. The first kappa shape index (κ1) is 19.7. The van der Waals surface area contributed by atoms with Crippen molar-refractivity contribution >= 4 is 23.5 Å². The summed E-state index contributed by atoms with van der Waals surface area (Å²) in [6.07, 6.45) is 3.91. The van der Waals surface area contributed by atoms with E-state index < -0.39 is 0 Å². The number of hydrogen-bond donors (Lipinski definition) is 2. The maximum absolute atomic E-state index is 12.6. The van der Waals surface area contributed by atoms with Gasteiger partial charge in [-0.3, -0.25) is 20.0 Å². The first-order chi connectivity index (χ1) is 14.0. The van der Waals surface area contributed by atoms with Gasteiger partial charge in [0.1, 0.15) is 11.9 Å². The molecule has 0 spiro atoms. The number of carbonyl (C=O) groups excluding carboxylic acids is 2. The minimum atomic E-state index is -0.347. The van der Waals surface area contributed by atoms with Crippen LogP contribution in [0.5, 0.6) is 0 Å². The molecule has 0 radical (unpaired) electrons. The Morgan fingerprint density at radius 2 is 1.76 bits per heavy atom. The molecule has 0 bridgehead atoms. The van der Waals surface area contributed by atoms with Gasteiger partial charge in [0.25, 0.3) is 0 Å². The van der Waals surface area contributed by atoms with E-state index in [2.05, 4.69) is 4.90 Å². The second-order valence-electron chi connectivity index (χ2n) is 8.18. The van der Waals surface area contributed by atoms with Crippen LogP contribution in [0, 0.1) is 11.3 Å². The van der Waals surface area contributed by atoms with Crippen molar-refractivity contribution in [2.45, 2.75) is 31.8 Å². The van der Waals surface area contributed by atoms with Gasteiger partial charge in [-0.25, -0.2) is 4.79 Å². The van der Waals surface area contributed by atoms with E-state index in [0.29, 0.717) is 24.6 Å². The lowest BCUT2D eigenvalue weighted by atomic mass is 10.1. The molecule has 2 aliphatic heterocycles. The molecular formula is C21H29N5O3. The highest BCUT2D eigenvalue weighted by Crippen LogP contribution is 2.27. The van der Waals surface area contributed by atoms with Crippen molar-refractivity contribution in [2.75, 3.05) is 44.2 Å². The van der Waals surface area contributed by atoms with E-state index in [-0.39, 0.29) is 24.0 Å². The molecule has 8 nitrogen and oxygen atoms in total. The van der Waals surface area contributed by atoms with Gasteiger partial charge in [-0.2, -0.15) is 0 Å². The van der Waals surface area contributed by atoms with Crippen molar-refractivity contribution in [1.29, 1.82) is 5.41 Å². The Bertz CT molecular complexity index is 767. The number of benzene rings is 1. The fourth-order valence-electron chi connectivity index (χ4n) is 4.52. The molecule has 29 heavy (non-hydrogen) atoms. The summed E-state index contributed by atoms with van der Waals surface area (Å²) in [7, 11) is 0. The zero-order valence-corrected chi connectivity index (χ0v) is 16.7. The van der Waals surface area contributed by atoms with Gasteiger partial charge < -0.3 is 15.4 Å². The van der Waals surface area contributed by atoms with Crippen molar-refractivity contribution < 1.29 is 14.3 Å². The van der Waals surface area contributed by atoms with Gasteiger partial charge in [0.05, 0.1) is 6.54 Å². The van der Waals surface area contributed by atoms with E-state index in [1.165, 1.54) is 12.8 Å². The summed E-state index contributed by atoms with van der Waals surface area (Å²) in [6.45, 7) is 4.33. The second kappa shape index (κ2) is 8.41. The molecular weight excluding hydrogens is 370 g/mol. The Morgan fingerprint density at radius 1 is 1.10 bits per heavy atom. The molecule has 2 amide bonds. The number of nitrogens with one attached hydrogen (secondary N) is 1. The first-order valence-electron chi connectivity index (χ1n) is 10.4. The van der Waals surface area contributed by atoms with E-state index in [1.54, 1.807) is 29.2 Å². The molecule has 2 saturated heterocycles. The number of piperazine rings is 1. The molecule has 1 aliphatic carbocycles. The van der Waals surface area contributed by atoms with E-state index in [0.717, 1.165) is 44.7 Å². The Hall–Kier alpha value is -2.61. The number of amides is 2. The van der Waals surface area contributed by atoms with Crippen LogP contribution in [0.1, 0.15) is 31.2 Å². The highest BCUT2D eigenvalue weighted by molar-refractivity contribution is 5.96. The number of hydrogen-bond acceptors (Lipinski definition) is 5. The molecule has 8 heteroatoms. The zero-order chi connectivity index (χ0) is 20.4. The van der Waals surface area contributed by atoms with Crippen LogP contribution in [0.3, 0.4) is 0 Å². The van der Waals surface area contributed by atoms with Gasteiger partial charge >= 0.3 is 6.09 Å². The van der Waals surface area contributed by atoms with Crippen LogP contribution in [0.2, 0.25) is 0 Å². The fourth-order valence-corrected chi connectivity index (χ4v) is 4.52.